The maximum absolute atomic E-state index is 10.9. The first kappa shape index (κ1) is 9.17. The van der Waals surface area contributed by atoms with E-state index < -0.39 is 0 Å². The molecule has 0 aliphatic heterocycles. The molecule has 0 amide bonds. The number of benzene rings is 2. The summed E-state index contributed by atoms with van der Waals surface area (Å²) in [4.78, 5) is 10.5. The minimum atomic E-state index is -0.381. The molecule has 0 N–H and O–H groups in total. The lowest BCUT2D eigenvalue weighted by Crippen LogP contribution is -1.89. The van der Waals surface area contributed by atoms with Crippen LogP contribution in [0.1, 0.15) is 0 Å². The van der Waals surface area contributed by atoms with Gasteiger partial charge in [0, 0.05) is 11.5 Å². The van der Waals surface area contributed by atoms with Gasteiger partial charge in [0.25, 0.3) is 5.69 Å². The van der Waals surface area contributed by atoms with Gasteiger partial charge >= 0.3 is 0 Å². The van der Waals surface area contributed by atoms with Gasteiger partial charge in [-0.05, 0) is 12.1 Å². The summed E-state index contributed by atoms with van der Waals surface area (Å²) in [6.45, 7) is 0. The predicted molar refractivity (Wildman–Crippen MR) is 61.6 cm³/mol. The van der Waals surface area contributed by atoms with Crippen molar-refractivity contribution in [1.29, 1.82) is 0 Å². The standard InChI is InChI=1S/C10H5N3O2S/c14-13(15)9-3-1-2-7-6(9)4-5-8-10(7)12-16-11-8/h1-5H. The number of rotatable bonds is 1. The first-order valence-corrected chi connectivity index (χ1v) is 5.29. The van der Waals surface area contributed by atoms with Gasteiger partial charge in [-0.1, -0.05) is 12.1 Å². The maximum Gasteiger partial charge on any atom is 0.277 e. The Bertz CT molecular complexity index is 707. The number of fused-ring (bicyclic) bond motifs is 3. The van der Waals surface area contributed by atoms with Gasteiger partial charge in [-0.2, -0.15) is 8.75 Å². The van der Waals surface area contributed by atoms with E-state index >= 15 is 0 Å². The first-order valence-electron chi connectivity index (χ1n) is 4.56. The van der Waals surface area contributed by atoms with Crippen molar-refractivity contribution in [2.24, 2.45) is 0 Å². The smallest absolute Gasteiger partial charge is 0.258 e. The quantitative estimate of drug-likeness (QED) is 0.477. The fourth-order valence-electron chi connectivity index (χ4n) is 1.75. The topological polar surface area (TPSA) is 68.9 Å². The molecule has 0 saturated carbocycles. The highest BCUT2D eigenvalue weighted by atomic mass is 32.1. The van der Waals surface area contributed by atoms with Crippen LogP contribution in [0.3, 0.4) is 0 Å². The van der Waals surface area contributed by atoms with Crippen LogP contribution in [0.15, 0.2) is 30.3 Å². The molecular weight excluding hydrogens is 226 g/mol. The number of nitro groups is 1. The highest BCUT2D eigenvalue weighted by molar-refractivity contribution is 7.00. The maximum atomic E-state index is 10.9. The Morgan fingerprint density at radius 1 is 1.12 bits per heavy atom. The Hall–Kier alpha value is -2.08. The highest BCUT2D eigenvalue weighted by Crippen LogP contribution is 2.30. The van der Waals surface area contributed by atoms with Crippen LogP contribution >= 0.6 is 11.7 Å². The summed E-state index contributed by atoms with van der Waals surface area (Å²) in [5.74, 6) is 0. The largest absolute Gasteiger partial charge is 0.277 e. The predicted octanol–water partition coefficient (Wildman–Crippen LogP) is 2.75. The van der Waals surface area contributed by atoms with E-state index in [1.165, 1.54) is 6.07 Å². The Kier molecular flexibility index (Phi) is 1.84. The molecule has 0 aliphatic rings. The van der Waals surface area contributed by atoms with Crippen LogP contribution in [0.25, 0.3) is 21.8 Å². The molecule has 1 aromatic heterocycles. The lowest BCUT2D eigenvalue weighted by atomic mass is 10.1. The van der Waals surface area contributed by atoms with E-state index in [1.54, 1.807) is 18.2 Å². The summed E-state index contributed by atoms with van der Waals surface area (Å²) in [7, 11) is 0. The Morgan fingerprint density at radius 2 is 2.00 bits per heavy atom. The third kappa shape index (κ3) is 1.17. The van der Waals surface area contributed by atoms with Gasteiger partial charge in [0.15, 0.2) is 0 Å². The number of nitrogens with zero attached hydrogens (tertiary/aromatic N) is 3. The van der Waals surface area contributed by atoms with Crippen molar-refractivity contribution in [1.82, 2.24) is 8.75 Å². The van der Waals surface area contributed by atoms with E-state index in [1.807, 2.05) is 6.07 Å². The summed E-state index contributed by atoms with van der Waals surface area (Å²) < 4.78 is 8.26. The Labute approximate surface area is 93.8 Å². The number of aromatic nitrogens is 2. The van der Waals surface area contributed by atoms with Crippen LogP contribution in [0.5, 0.6) is 0 Å². The van der Waals surface area contributed by atoms with Gasteiger partial charge in [0.05, 0.1) is 22.0 Å². The van der Waals surface area contributed by atoms with Gasteiger partial charge in [0.1, 0.15) is 11.0 Å². The molecule has 0 radical (unpaired) electrons. The van der Waals surface area contributed by atoms with E-state index in [9.17, 15) is 10.1 Å². The van der Waals surface area contributed by atoms with Crippen molar-refractivity contribution in [2.75, 3.05) is 0 Å². The fourth-order valence-corrected chi connectivity index (χ4v) is 2.30. The average Bonchev–Trinajstić information content (AvgIpc) is 2.76. The van der Waals surface area contributed by atoms with E-state index in [0.29, 0.717) is 5.39 Å². The zero-order valence-electron chi connectivity index (χ0n) is 7.95. The SMILES string of the molecule is O=[N+]([O-])c1cccc2c1ccc1nsnc12. The molecule has 1 heterocycles. The van der Waals surface area contributed by atoms with Gasteiger partial charge in [-0.3, -0.25) is 10.1 Å². The number of hydrogen-bond donors (Lipinski definition) is 0. The Balaban J connectivity index is 2.53. The molecule has 16 heavy (non-hydrogen) atoms. The van der Waals surface area contributed by atoms with Crippen LogP contribution in [-0.4, -0.2) is 13.7 Å². The summed E-state index contributed by atoms with van der Waals surface area (Å²) in [6.07, 6.45) is 0. The van der Waals surface area contributed by atoms with Crippen LogP contribution < -0.4 is 0 Å². The number of nitro benzene ring substituents is 1. The molecular formula is C10H5N3O2S. The van der Waals surface area contributed by atoms with E-state index in [-0.39, 0.29) is 10.6 Å². The van der Waals surface area contributed by atoms with Crippen molar-refractivity contribution in [3.05, 3.63) is 40.4 Å². The molecule has 0 aliphatic carbocycles. The van der Waals surface area contributed by atoms with E-state index in [4.69, 9.17) is 0 Å². The summed E-state index contributed by atoms with van der Waals surface area (Å²) in [6, 6.07) is 8.46. The van der Waals surface area contributed by atoms with E-state index in [0.717, 1.165) is 28.1 Å². The molecule has 0 spiro atoms. The van der Waals surface area contributed by atoms with Crippen molar-refractivity contribution in [3.8, 4) is 0 Å². The van der Waals surface area contributed by atoms with Gasteiger partial charge in [-0.15, -0.1) is 0 Å². The molecule has 2 aromatic carbocycles. The van der Waals surface area contributed by atoms with Crippen molar-refractivity contribution < 1.29 is 4.92 Å². The summed E-state index contributed by atoms with van der Waals surface area (Å²) in [5.41, 5.74) is 1.61. The monoisotopic (exact) mass is 231 g/mol. The third-order valence-electron chi connectivity index (χ3n) is 2.46. The molecule has 0 fully saturated rings. The summed E-state index contributed by atoms with van der Waals surface area (Å²) in [5, 5.41) is 12.2. The van der Waals surface area contributed by atoms with Crippen molar-refractivity contribution in [3.63, 3.8) is 0 Å². The Morgan fingerprint density at radius 3 is 2.81 bits per heavy atom. The molecule has 78 valence electrons. The number of non-ortho nitro benzene ring substituents is 1. The minimum absolute atomic E-state index is 0.104. The second kappa shape index (κ2) is 3.21. The molecule has 0 atom stereocenters. The van der Waals surface area contributed by atoms with E-state index in [2.05, 4.69) is 8.75 Å². The van der Waals surface area contributed by atoms with Crippen LogP contribution in [-0.2, 0) is 0 Å². The first-order chi connectivity index (χ1) is 7.77. The van der Waals surface area contributed by atoms with Gasteiger partial charge < -0.3 is 0 Å². The molecule has 0 saturated heterocycles. The summed E-state index contributed by atoms with van der Waals surface area (Å²) >= 11 is 1.11. The fraction of sp³-hybridized carbons (Fsp3) is 0. The lowest BCUT2D eigenvalue weighted by Gasteiger charge is -1.98. The molecule has 3 aromatic rings. The lowest BCUT2D eigenvalue weighted by molar-refractivity contribution is -0.383. The van der Waals surface area contributed by atoms with Crippen LogP contribution in [0.4, 0.5) is 5.69 Å². The molecule has 0 bridgehead atoms. The molecule has 3 rings (SSSR count). The van der Waals surface area contributed by atoms with Crippen molar-refractivity contribution in [2.45, 2.75) is 0 Å². The normalized spacial score (nSPS) is 11.0. The second-order valence-electron chi connectivity index (χ2n) is 3.33. The highest BCUT2D eigenvalue weighted by Gasteiger charge is 2.13. The average molecular weight is 231 g/mol. The minimum Gasteiger partial charge on any atom is -0.258 e. The van der Waals surface area contributed by atoms with Crippen LogP contribution in [0.2, 0.25) is 0 Å². The molecule has 6 heteroatoms. The van der Waals surface area contributed by atoms with Crippen molar-refractivity contribution >= 4 is 39.2 Å². The van der Waals surface area contributed by atoms with Crippen LogP contribution in [0, 0.1) is 10.1 Å². The second-order valence-corrected chi connectivity index (χ2v) is 3.86. The zero-order chi connectivity index (χ0) is 11.1. The van der Waals surface area contributed by atoms with Gasteiger partial charge in [-0.25, -0.2) is 0 Å². The molecule has 0 unspecified atom stereocenters. The number of hydrogen-bond acceptors (Lipinski definition) is 5. The zero-order valence-corrected chi connectivity index (χ0v) is 8.77. The van der Waals surface area contributed by atoms with Gasteiger partial charge in [0.2, 0.25) is 0 Å². The third-order valence-corrected chi connectivity index (χ3v) is 3.00. The molecule has 5 nitrogen and oxygen atoms in total.